The van der Waals surface area contributed by atoms with Crippen LogP contribution in [0.25, 0.3) is 11.1 Å². The molecule has 1 N–H and O–H groups in total. The fourth-order valence-corrected chi connectivity index (χ4v) is 5.78. The number of carboxylic acid groups (broad SMARTS) is 1. The second-order valence-corrected chi connectivity index (χ2v) is 10.1. The van der Waals surface area contributed by atoms with Crippen molar-refractivity contribution in [3.63, 3.8) is 0 Å². The van der Waals surface area contributed by atoms with Gasteiger partial charge in [0.05, 0.1) is 12.2 Å². The molecule has 2 atom stereocenters. The van der Waals surface area contributed by atoms with Gasteiger partial charge in [-0.05, 0) is 39.9 Å². The molecule has 11 heteroatoms. The predicted octanol–water partition coefficient (Wildman–Crippen LogP) is 7.24. The Morgan fingerprint density at radius 2 is 1.57 bits per heavy atom. The number of alkyl halides is 3. The molecule has 204 valence electrons. The molecule has 1 amide bonds. The summed E-state index contributed by atoms with van der Waals surface area (Å²) in [4.78, 5) is 26.8. The van der Waals surface area contributed by atoms with E-state index in [1.165, 1.54) is 24.3 Å². The third kappa shape index (κ3) is 4.28. The van der Waals surface area contributed by atoms with E-state index in [2.05, 4.69) is 5.10 Å². The number of hydrogen-bond donors (Lipinski definition) is 1. The van der Waals surface area contributed by atoms with Crippen molar-refractivity contribution in [1.82, 2.24) is 9.78 Å². The van der Waals surface area contributed by atoms with Gasteiger partial charge in [-0.25, -0.2) is 14.3 Å². The van der Waals surface area contributed by atoms with Crippen LogP contribution < -0.4 is 4.90 Å². The number of rotatable bonds is 4. The molecular formula is C29H21ClF3N3O4. The molecule has 2 heterocycles. The summed E-state index contributed by atoms with van der Waals surface area (Å²) in [6, 6.07) is 18.1. The predicted molar refractivity (Wildman–Crippen MR) is 141 cm³/mol. The topological polar surface area (TPSA) is 84.7 Å². The van der Waals surface area contributed by atoms with Gasteiger partial charge in [0, 0.05) is 17.4 Å². The van der Waals surface area contributed by atoms with Crippen LogP contribution in [0.1, 0.15) is 51.5 Å². The summed E-state index contributed by atoms with van der Waals surface area (Å²) >= 11 is 6.01. The molecule has 0 fully saturated rings. The lowest BCUT2D eigenvalue weighted by Crippen LogP contribution is -2.46. The van der Waals surface area contributed by atoms with E-state index in [4.69, 9.17) is 16.3 Å². The highest BCUT2D eigenvalue weighted by atomic mass is 35.5. The average molecular weight is 568 g/mol. The first-order valence-corrected chi connectivity index (χ1v) is 12.8. The Kier molecular flexibility index (Phi) is 6.29. The Labute approximate surface area is 231 Å². The van der Waals surface area contributed by atoms with E-state index in [9.17, 15) is 27.9 Å². The number of amides is 1. The van der Waals surface area contributed by atoms with Crippen LogP contribution in [0.4, 0.5) is 23.8 Å². The van der Waals surface area contributed by atoms with Crippen molar-refractivity contribution >= 4 is 29.5 Å². The Hall–Kier alpha value is -4.31. The number of halogens is 4. The van der Waals surface area contributed by atoms with Gasteiger partial charge in [-0.2, -0.15) is 18.3 Å². The minimum Gasteiger partial charge on any atom is -0.477 e. The van der Waals surface area contributed by atoms with Crippen LogP contribution in [-0.4, -0.2) is 39.7 Å². The van der Waals surface area contributed by atoms with Crippen molar-refractivity contribution in [1.29, 1.82) is 0 Å². The molecule has 2 unspecified atom stereocenters. The summed E-state index contributed by atoms with van der Waals surface area (Å²) in [5.41, 5.74) is 3.74. The van der Waals surface area contributed by atoms with Gasteiger partial charge in [0.1, 0.15) is 12.2 Å². The summed E-state index contributed by atoms with van der Waals surface area (Å²) in [7, 11) is 0. The van der Waals surface area contributed by atoms with Crippen LogP contribution in [0.2, 0.25) is 5.02 Å². The molecule has 40 heavy (non-hydrogen) atoms. The van der Waals surface area contributed by atoms with Gasteiger partial charge in [-0.3, -0.25) is 4.90 Å². The van der Waals surface area contributed by atoms with Gasteiger partial charge in [-0.15, -0.1) is 0 Å². The second-order valence-electron chi connectivity index (χ2n) is 9.67. The Balaban J connectivity index is 1.40. The standard InChI is InChI=1S/C29H21ClF3N3O4/c30-17-11-9-16(10-12-17)24-13-25(29(31,32)33)36-26(22(14-34-36)27(37)38)35(24)28(39)40-15-23-20-7-3-1-5-18(20)19-6-2-4-8-21(19)23/h1-12,14,23-25H,13,15H2,(H,37,38). The highest BCUT2D eigenvalue weighted by Crippen LogP contribution is 2.49. The van der Waals surface area contributed by atoms with Crippen LogP contribution in [-0.2, 0) is 4.74 Å². The number of nitrogens with zero attached hydrogens (tertiary/aromatic N) is 3. The minimum atomic E-state index is -4.76. The number of anilines is 1. The second kappa shape index (κ2) is 9.71. The lowest BCUT2D eigenvalue weighted by atomic mass is 9.95. The van der Waals surface area contributed by atoms with Gasteiger partial charge < -0.3 is 9.84 Å². The van der Waals surface area contributed by atoms with Crippen molar-refractivity contribution in [2.24, 2.45) is 0 Å². The number of benzene rings is 3. The van der Waals surface area contributed by atoms with E-state index < -0.39 is 48.1 Å². The normalized spacial score (nSPS) is 18.1. The lowest BCUT2D eigenvalue weighted by Gasteiger charge is -2.40. The number of carbonyl (C=O) groups excluding carboxylic acids is 1. The zero-order valence-electron chi connectivity index (χ0n) is 20.7. The number of fused-ring (bicyclic) bond motifs is 4. The summed E-state index contributed by atoms with van der Waals surface area (Å²) in [6.07, 6.45) is -5.51. The van der Waals surface area contributed by atoms with Crippen molar-refractivity contribution in [3.05, 3.63) is 106 Å². The fraction of sp³-hybridized carbons (Fsp3) is 0.207. The molecule has 3 aromatic carbocycles. The Morgan fingerprint density at radius 3 is 2.15 bits per heavy atom. The van der Waals surface area contributed by atoms with E-state index in [0.29, 0.717) is 15.3 Å². The third-order valence-electron chi connectivity index (χ3n) is 7.45. The summed E-state index contributed by atoms with van der Waals surface area (Å²) in [6.45, 7) is -0.101. The van der Waals surface area contributed by atoms with Gasteiger partial charge in [0.2, 0.25) is 0 Å². The number of aromatic nitrogens is 2. The smallest absolute Gasteiger partial charge is 0.416 e. The first-order chi connectivity index (χ1) is 19.1. The molecule has 1 aromatic heterocycles. The monoisotopic (exact) mass is 567 g/mol. The molecule has 7 nitrogen and oxygen atoms in total. The van der Waals surface area contributed by atoms with Crippen LogP contribution in [0.3, 0.4) is 0 Å². The maximum atomic E-state index is 14.2. The molecule has 0 bridgehead atoms. The fourth-order valence-electron chi connectivity index (χ4n) is 5.66. The van der Waals surface area contributed by atoms with E-state index in [1.807, 2.05) is 48.5 Å². The molecule has 0 spiro atoms. The molecule has 6 rings (SSSR count). The zero-order valence-corrected chi connectivity index (χ0v) is 21.4. The number of ether oxygens (including phenoxy) is 1. The van der Waals surface area contributed by atoms with Crippen LogP contribution in [0.5, 0.6) is 0 Å². The molecule has 2 aliphatic rings. The average Bonchev–Trinajstić information content (AvgIpc) is 3.51. The summed E-state index contributed by atoms with van der Waals surface area (Å²) in [5.74, 6) is -2.31. The molecule has 1 aliphatic heterocycles. The minimum absolute atomic E-state index is 0.101. The molecule has 0 saturated heterocycles. The SMILES string of the molecule is O=C(O)c1cnn2c1N(C(=O)OCC1c3ccccc3-c3ccccc31)C(c1ccc(Cl)cc1)CC2C(F)(F)F. The molecule has 1 aliphatic carbocycles. The Morgan fingerprint density at radius 1 is 0.975 bits per heavy atom. The number of carbonyl (C=O) groups is 2. The highest BCUT2D eigenvalue weighted by Gasteiger charge is 2.51. The Bertz CT molecular complexity index is 1570. The van der Waals surface area contributed by atoms with Crippen molar-refractivity contribution in [2.45, 2.75) is 30.6 Å². The number of aromatic carboxylic acids is 1. The highest BCUT2D eigenvalue weighted by molar-refractivity contribution is 6.30. The van der Waals surface area contributed by atoms with Gasteiger partial charge in [0.15, 0.2) is 11.9 Å². The third-order valence-corrected chi connectivity index (χ3v) is 7.70. The van der Waals surface area contributed by atoms with E-state index in [1.54, 1.807) is 0 Å². The first-order valence-electron chi connectivity index (χ1n) is 12.4. The van der Waals surface area contributed by atoms with Crippen LogP contribution in [0, 0.1) is 0 Å². The molecule has 0 radical (unpaired) electrons. The quantitative estimate of drug-likeness (QED) is 0.281. The molecular weight excluding hydrogens is 547 g/mol. The summed E-state index contributed by atoms with van der Waals surface area (Å²) < 4.78 is 48.9. The molecule has 4 aromatic rings. The van der Waals surface area contributed by atoms with Crippen LogP contribution in [0.15, 0.2) is 79.0 Å². The number of carboxylic acids is 1. The number of hydrogen-bond acceptors (Lipinski definition) is 4. The maximum Gasteiger partial charge on any atom is 0.416 e. The van der Waals surface area contributed by atoms with Gasteiger partial charge >= 0.3 is 18.2 Å². The van der Waals surface area contributed by atoms with Crippen LogP contribution >= 0.6 is 11.6 Å². The van der Waals surface area contributed by atoms with Crippen molar-refractivity contribution < 1.29 is 32.6 Å². The molecule has 0 saturated carbocycles. The van der Waals surface area contributed by atoms with Crippen molar-refractivity contribution in [2.75, 3.05) is 11.5 Å². The summed E-state index contributed by atoms with van der Waals surface area (Å²) in [5, 5.41) is 13.9. The van der Waals surface area contributed by atoms with E-state index in [-0.39, 0.29) is 12.5 Å². The lowest BCUT2D eigenvalue weighted by molar-refractivity contribution is -0.174. The largest absolute Gasteiger partial charge is 0.477 e. The van der Waals surface area contributed by atoms with Crippen molar-refractivity contribution in [3.8, 4) is 11.1 Å². The van der Waals surface area contributed by atoms with E-state index >= 15 is 0 Å². The van der Waals surface area contributed by atoms with Gasteiger partial charge in [-0.1, -0.05) is 72.3 Å². The first kappa shape index (κ1) is 25.9. The zero-order chi connectivity index (χ0) is 28.2. The maximum absolute atomic E-state index is 14.2. The van der Waals surface area contributed by atoms with Gasteiger partial charge in [0.25, 0.3) is 0 Å². The van der Waals surface area contributed by atoms with E-state index in [0.717, 1.165) is 33.4 Å².